The fraction of sp³-hybridized carbons (Fsp3) is 0.667. The number of carbonyl (C=O) groups excluding carboxylic acids is 1. The monoisotopic (exact) mass is 295 g/mol. The van der Waals surface area contributed by atoms with E-state index >= 15 is 0 Å². The summed E-state index contributed by atoms with van der Waals surface area (Å²) in [5.74, 6) is 0.267. The summed E-state index contributed by atoms with van der Waals surface area (Å²) >= 11 is 1.80. The molecule has 2 heterocycles. The number of nitrogens with zero attached hydrogens (tertiary/aromatic N) is 1. The maximum Gasteiger partial charge on any atom is 0.217 e. The average molecular weight is 295 g/mol. The minimum Gasteiger partial charge on any atom is -0.370 e. The van der Waals surface area contributed by atoms with Crippen LogP contribution < -0.4 is 11.5 Å². The lowest BCUT2D eigenvalue weighted by atomic mass is 9.91. The summed E-state index contributed by atoms with van der Waals surface area (Å²) in [7, 11) is 0. The normalized spacial score (nSPS) is 20.8. The van der Waals surface area contributed by atoms with Gasteiger partial charge < -0.3 is 11.5 Å². The predicted molar refractivity (Wildman–Crippen MR) is 83.6 cm³/mol. The van der Waals surface area contributed by atoms with E-state index in [0.29, 0.717) is 18.4 Å². The molecule has 1 aromatic heterocycles. The Kier molecular flexibility index (Phi) is 5.18. The Morgan fingerprint density at radius 2 is 2.15 bits per heavy atom. The zero-order valence-electron chi connectivity index (χ0n) is 12.3. The zero-order valence-corrected chi connectivity index (χ0v) is 13.2. The van der Waals surface area contributed by atoms with Crippen LogP contribution in [0.25, 0.3) is 0 Å². The molecule has 112 valence electrons. The molecule has 2 unspecified atom stereocenters. The molecule has 1 aliphatic rings. The van der Waals surface area contributed by atoms with E-state index in [1.54, 1.807) is 11.3 Å². The summed E-state index contributed by atoms with van der Waals surface area (Å²) in [5, 5.41) is 2.14. The highest BCUT2D eigenvalue weighted by atomic mass is 32.1. The summed E-state index contributed by atoms with van der Waals surface area (Å²) in [6.07, 6.45) is 2.60. The smallest absolute Gasteiger partial charge is 0.217 e. The molecule has 0 spiro atoms. The van der Waals surface area contributed by atoms with Crippen LogP contribution in [0.5, 0.6) is 0 Å². The fourth-order valence-electron chi connectivity index (χ4n) is 3.14. The molecule has 0 saturated carbocycles. The van der Waals surface area contributed by atoms with Gasteiger partial charge in [-0.2, -0.15) is 0 Å². The minimum absolute atomic E-state index is 0.111. The maximum atomic E-state index is 11.0. The number of hydrogen-bond acceptors (Lipinski definition) is 4. The SMILES string of the molecule is Cc1ccsc1C(C(C)N)N1CCC(CC(N)=O)CC1. The summed E-state index contributed by atoms with van der Waals surface area (Å²) in [4.78, 5) is 14.9. The topological polar surface area (TPSA) is 72.3 Å². The Hall–Kier alpha value is -0.910. The Morgan fingerprint density at radius 1 is 1.50 bits per heavy atom. The molecule has 0 aliphatic carbocycles. The van der Waals surface area contributed by atoms with Crippen molar-refractivity contribution < 1.29 is 4.79 Å². The Balaban J connectivity index is 2.03. The molecule has 1 fully saturated rings. The van der Waals surface area contributed by atoms with E-state index in [1.807, 2.05) is 0 Å². The van der Waals surface area contributed by atoms with Crippen LogP contribution in [0.3, 0.4) is 0 Å². The van der Waals surface area contributed by atoms with Gasteiger partial charge in [-0.25, -0.2) is 0 Å². The molecule has 0 aromatic carbocycles. The molecular formula is C15H25N3OS. The number of thiophene rings is 1. The molecule has 4 nitrogen and oxygen atoms in total. The quantitative estimate of drug-likeness (QED) is 0.873. The van der Waals surface area contributed by atoms with Crippen LogP contribution in [0, 0.1) is 12.8 Å². The molecule has 4 N–H and O–H groups in total. The molecule has 1 saturated heterocycles. The molecule has 1 amide bonds. The van der Waals surface area contributed by atoms with E-state index in [1.165, 1.54) is 10.4 Å². The van der Waals surface area contributed by atoms with Crippen LogP contribution in [-0.4, -0.2) is 29.9 Å². The van der Waals surface area contributed by atoms with Crippen molar-refractivity contribution in [3.05, 3.63) is 21.9 Å². The van der Waals surface area contributed by atoms with Gasteiger partial charge in [0.05, 0.1) is 6.04 Å². The number of aryl methyl sites for hydroxylation is 1. The Bertz CT molecular complexity index is 450. The molecule has 2 rings (SSSR count). The van der Waals surface area contributed by atoms with Gasteiger partial charge in [0.2, 0.25) is 5.91 Å². The van der Waals surface area contributed by atoms with Crippen LogP contribution in [0.4, 0.5) is 0 Å². The van der Waals surface area contributed by atoms with Gasteiger partial charge in [0.15, 0.2) is 0 Å². The predicted octanol–water partition coefficient (Wildman–Crippen LogP) is 2.03. The van der Waals surface area contributed by atoms with Gasteiger partial charge in [-0.15, -0.1) is 11.3 Å². The molecule has 1 aliphatic heterocycles. The highest BCUT2D eigenvalue weighted by Gasteiger charge is 2.30. The van der Waals surface area contributed by atoms with Gasteiger partial charge in [0, 0.05) is 17.3 Å². The third kappa shape index (κ3) is 3.59. The van der Waals surface area contributed by atoms with Crippen molar-refractivity contribution >= 4 is 17.2 Å². The van der Waals surface area contributed by atoms with E-state index in [-0.39, 0.29) is 11.9 Å². The van der Waals surface area contributed by atoms with Gasteiger partial charge in [-0.1, -0.05) is 0 Å². The van der Waals surface area contributed by atoms with Gasteiger partial charge >= 0.3 is 0 Å². The number of primary amides is 1. The van der Waals surface area contributed by atoms with E-state index in [4.69, 9.17) is 11.5 Å². The number of piperidine rings is 1. The molecule has 0 bridgehead atoms. The number of likely N-dealkylation sites (tertiary alicyclic amines) is 1. The number of nitrogens with two attached hydrogens (primary N) is 2. The molecule has 0 radical (unpaired) electrons. The number of hydrogen-bond donors (Lipinski definition) is 2. The van der Waals surface area contributed by atoms with E-state index in [9.17, 15) is 4.79 Å². The van der Waals surface area contributed by atoms with Crippen molar-refractivity contribution in [2.24, 2.45) is 17.4 Å². The fourth-order valence-corrected chi connectivity index (χ4v) is 4.32. The summed E-state index contributed by atoms with van der Waals surface area (Å²) in [5.41, 5.74) is 12.9. The standard InChI is InChI=1S/C15H25N3OS/c1-10-5-8-20-15(10)14(11(2)16)18-6-3-12(4-7-18)9-13(17)19/h5,8,11-12,14H,3-4,6-7,9,16H2,1-2H3,(H2,17,19). The summed E-state index contributed by atoms with van der Waals surface area (Å²) in [6, 6.07) is 2.57. The van der Waals surface area contributed by atoms with E-state index in [2.05, 4.69) is 30.2 Å². The molecule has 20 heavy (non-hydrogen) atoms. The molecule has 1 aromatic rings. The highest BCUT2D eigenvalue weighted by Crippen LogP contribution is 2.34. The number of carbonyl (C=O) groups is 1. The second kappa shape index (κ2) is 6.70. The summed E-state index contributed by atoms with van der Waals surface area (Å²) < 4.78 is 0. The minimum atomic E-state index is -0.179. The Labute approximate surface area is 125 Å². The highest BCUT2D eigenvalue weighted by molar-refractivity contribution is 7.10. The van der Waals surface area contributed by atoms with Crippen LogP contribution in [0.15, 0.2) is 11.4 Å². The van der Waals surface area contributed by atoms with E-state index < -0.39 is 0 Å². The lowest BCUT2D eigenvalue weighted by Crippen LogP contribution is -2.44. The number of amides is 1. The first-order valence-electron chi connectivity index (χ1n) is 7.31. The van der Waals surface area contributed by atoms with Gasteiger partial charge in [0.25, 0.3) is 0 Å². The van der Waals surface area contributed by atoms with E-state index in [0.717, 1.165) is 25.9 Å². The van der Waals surface area contributed by atoms with Gasteiger partial charge in [-0.3, -0.25) is 9.69 Å². The molecule has 5 heteroatoms. The zero-order chi connectivity index (χ0) is 14.7. The Morgan fingerprint density at radius 3 is 2.60 bits per heavy atom. The van der Waals surface area contributed by atoms with Crippen LogP contribution >= 0.6 is 11.3 Å². The van der Waals surface area contributed by atoms with Crippen molar-refractivity contribution in [1.29, 1.82) is 0 Å². The average Bonchev–Trinajstić information content (AvgIpc) is 2.77. The first kappa shape index (κ1) is 15.5. The molecule has 2 atom stereocenters. The first-order valence-corrected chi connectivity index (χ1v) is 8.19. The van der Waals surface area contributed by atoms with Crippen molar-refractivity contribution in [3.8, 4) is 0 Å². The van der Waals surface area contributed by atoms with Crippen molar-refractivity contribution in [3.63, 3.8) is 0 Å². The lowest BCUT2D eigenvalue weighted by molar-refractivity contribution is -0.119. The third-order valence-corrected chi connectivity index (χ3v) is 5.29. The van der Waals surface area contributed by atoms with Gasteiger partial charge in [0.1, 0.15) is 0 Å². The maximum absolute atomic E-state index is 11.0. The van der Waals surface area contributed by atoms with Crippen molar-refractivity contribution in [2.75, 3.05) is 13.1 Å². The third-order valence-electron chi connectivity index (χ3n) is 4.20. The summed E-state index contributed by atoms with van der Waals surface area (Å²) in [6.45, 7) is 6.24. The lowest BCUT2D eigenvalue weighted by Gasteiger charge is -2.39. The number of rotatable bonds is 5. The van der Waals surface area contributed by atoms with Crippen LogP contribution in [0.2, 0.25) is 0 Å². The van der Waals surface area contributed by atoms with Crippen molar-refractivity contribution in [2.45, 2.75) is 45.2 Å². The van der Waals surface area contributed by atoms with Crippen LogP contribution in [-0.2, 0) is 4.79 Å². The largest absolute Gasteiger partial charge is 0.370 e. The first-order chi connectivity index (χ1) is 9.49. The van der Waals surface area contributed by atoms with Crippen LogP contribution in [0.1, 0.15) is 42.7 Å². The molecular weight excluding hydrogens is 270 g/mol. The van der Waals surface area contributed by atoms with Crippen molar-refractivity contribution in [1.82, 2.24) is 4.90 Å². The van der Waals surface area contributed by atoms with Gasteiger partial charge in [-0.05, 0) is 62.7 Å². The second-order valence-corrected chi connectivity index (χ2v) is 6.87. The second-order valence-electron chi connectivity index (χ2n) is 5.92.